The predicted molar refractivity (Wildman–Crippen MR) is 84.8 cm³/mol. The summed E-state index contributed by atoms with van der Waals surface area (Å²) in [4.78, 5) is 1.34. The highest BCUT2D eigenvalue weighted by Gasteiger charge is 1.98. The van der Waals surface area contributed by atoms with Crippen LogP contribution in [0, 0.1) is 13.8 Å². The Morgan fingerprint density at radius 2 is 1.79 bits per heavy atom. The summed E-state index contributed by atoms with van der Waals surface area (Å²) in [5.41, 5.74) is 4.11. The number of nitrogens with one attached hydrogen (secondary N) is 1. The minimum Gasteiger partial charge on any atom is -0.312 e. The highest BCUT2D eigenvalue weighted by atomic mass is 32.2. The molecule has 0 amide bonds. The number of thioether (sulfide) groups is 1. The molecular formula is C17H21NS. The molecule has 0 spiro atoms. The van der Waals surface area contributed by atoms with E-state index in [4.69, 9.17) is 0 Å². The molecule has 2 rings (SSSR count). The third-order valence-electron chi connectivity index (χ3n) is 3.10. The van der Waals surface area contributed by atoms with Gasteiger partial charge in [-0.05, 0) is 37.1 Å². The third kappa shape index (κ3) is 4.73. The van der Waals surface area contributed by atoms with E-state index in [2.05, 4.69) is 67.7 Å². The van der Waals surface area contributed by atoms with E-state index in [1.54, 1.807) is 0 Å². The molecule has 1 nitrogen and oxygen atoms in total. The summed E-state index contributed by atoms with van der Waals surface area (Å²) < 4.78 is 0. The van der Waals surface area contributed by atoms with E-state index in [9.17, 15) is 0 Å². The summed E-state index contributed by atoms with van der Waals surface area (Å²) in [6.45, 7) is 6.32. The first kappa shape index (κ1) is 14.2. The monoisotopic (exact) mass is 271 g/mol. The second-order valence-corrected chi connectivity index (χ2v) is 5.94. The van der Waals surface area contributed by atoms with Gasteiger partial charge < -0.3 is 5.32 Å². The molecule has 0 unspecified atom stereocenters. The first-order valence-corrected chi connectivity index (χ1v) is 7.69. The van der Waals surface area contributed by atoms with Crippen LogP contribution in [-0.4, -0.2) is 12.3 Å². The lowest BCUT2D eigenvalue weighted by Gasteiger charge is -2.08. The summed E-state index contributed by atoms with van der Waals surface area (Å²) in [6.07, 6.45) is 0. The average molecular weight is 271 g/mol. The minimum atomic E-state index is 0.960. The smallest absolute Gasteiger partial charge is 0.0208 e. The Hall–Kier alpha value is -1.25. The van der Waals surface area contributed by atoms with Gasteiger partial charge in [0.1, 0.15) is 0 Å². The van der Waals surface area contributed by atoms with Crippen molar-refractivity contribution >= 4 is 11.8 Å². The van der Waals surface area contributed by atoms with E-state index in [1.165, 1.54) is 21.6 Å². The first-order valence-electron chi connectivity index (χ1n) is 6.70. The van der Waals surface area contributed by atoms with Crippen LogP contribution in [-0.2, 0) is 6.54 Å². The van der Waals surface area contributed by atoms with Crippen molar-refractivity contribution in [1.29, 1.82) is 0 Å². The Morgan fingerprint density at radius 3 is 2.53 bits per heavy atom. The van der Waals surface area contributed by atoms with Crippen LogP contribution in [0.15, 0.2) is 53.4 Å². The van der Waals surface area contributed by atoms with Crippen LogP contribution in [0.25, 0.3) is 0 Å². The van der Waals surface area contributed by atoms with E-state index < -0.39 is 0 Å². The quantitative estimate of drug-likeness (QED) is 0.624. The van der Waals surface area contributed by atoms with Gasteiger partial charge in [-0.25, -0.2) is 0 Å². The Kier molecular flexibility index (Phi) is 5.49. The SMILES string of the molecule is Cc1ccc(CNCCSc2ccccc2)c(C)c1. The van der Waals surface area contributed by atoms with Gasteiger partial charge in [0.2, 0.25) is 0 Å². The fraction of sp³-hybridized carbons (Fsp3) is 0.294. The van der Waals surface area contributed by atoms with Crippen LogP contribution in [0.4, 0.5) is 0 Å². The lowest BCUT2D eigenvalue weighted by Crippen LogP contribution is -2.17. The normalized spacial score (nSPS) is 10.6. The standard InChI is InChI=1S/C17H21NS/c1-14-8-9-16(15(2)12-14)13-18-10-11-19-17-6-4-3-5-7-17/h3-9,12,18H,10-11,13H2,1-2H3. The van der Waals surface area contributed by atoms with Gasteiger partial charge in [0.05, 0.1) is 0 Å². The Labute approximate surface area is 120 Å². The van der Waals surface area contributed by atoms with Crippen molar-refractivity contribution in [3.8, 4) is 0 Å². The number of rotatable bonds is 6. The second kappa shape index (κ2) is 7.37. The Balaban J connectivity index is 1.69. The fourth-order valence-corrected chi connectivity index (χ4v) is 2.86. The van der Waals surface area contributed by atoms with Crippen molar-refractivity contribution < 1.29 is 0 Å². The summed E-state index contributed by atoms with van der Waals surface area (Å²) in [7, 11) is 0. The number of hydrogen-bond donors (Lipinski definition) is 1. The summed E-state index contributed by atoms with van der Waals surface area (Å²) in [6, 6.07) is 17.2. The highest BCUT2D eigenvalue weighted by molar-refractivity contribution is 7.99. The van der Waals surface area contributed by atoms with Gasteiger partial charge in [-0.15, -0.1) is 11.8 Å². The summed E-state index contributed by atoms with van der Waals surface area (Å²) in [5.74, 6) is 1.11. The molecule has 0 saturated carbocycles. The van der Waals surface area contributed by atoms with E-state index in [0.29, 0.717) is 0 Å². The van der Waals surface area contributed by atoms with Crippen molar-refractivity contribution in [3.63, 3.8) is 0 Å². The molecule has 0 heterocycles. The third-order valence-corrected chi connectivity index (χ3v) is 4.12. The number of aryl methyl sites for hydroxylation is 2. The summed E-state index contributed by atoms with van der Waals surface area (Å²) >= 11 is 1.90. The molecule has 100 valence electrons. The van der Waals surface area contributed by atoms with Crippen LogP contribution < -0.4 is 5.32 Å². The molecule has 0 aliphatic heterocycles. The zero-order chi connectivity index (χ0) is 13.5. The molecule has 0 bridgehead atoms. The van der Waals surface area contributed by atoms with E-state index in [0.717, 1.165) is 18.8 Å². The minimum absolute atomic E-state index is 0.960. The van der Waals surface area contributed by atoms with Gasteiger partial charge >= 0.3 is 0 Å². The molecule has 0 aliphatic rings. The van der Waals surface area contributed by atoms with Crippen LogP contribution >= 0.6 is 11.8 Å². The molecule has 1 N–H and O–H groups in total. The molecule has 2 aromatic rings. The topological polar surface area (TPSA) is 12.0 Å². The highest BCUT2D eigenvalue weighted by Crippen LogP contribution is 2.16. The van der Waals surface area contributed by atoms with Crippen LogP contribution in [0.5, 0.6) is 0 Å². The maximum Gasteiger partial charge on any atom is 0.0208 e. The summed E-state index contributed by atoms with van der Waals surface area (Å²) in [5, 5.41) is 3.51. The molecule has 0 aromatic heterocycles. The van der Waals surface area contributed by atoms with Gasteiger partial charge in [-0.1, -0.05) is 42.0 Å². The zero-order valence-electron chi connectivity index (χ0n) is 11.6. The van der Waals surface area contributed by atoms with Crippen LogP contribution in [0.1, 0.15) is 16.7 Å². The molecule has 0 aliphatic carbocycles. The molecule has 2 aromatic carbocycles. The van der Waals surface area contributed by atoms with Crippen molar-refractivity contribution in [2.24, 2.45) is 0 Å². The first-order chi connectivity index (χ1) is 9.25. The van der Waals surface area contributed by atoms with Gasteiger partial charge in [-0.3, -0.25) is 0 Å². The Morgan fingerprint density at radius 1 is 1.00 bits per heavy atom. The molecule has 0 atom stereocenters. The number of benzene rings is 2. The number of hydrogen-bond acceptors (Lipinski definition) is 2. The van der Waals surface area contributed by atoms with Gasteiger partial charge in [-0.2, -0.15) is 0 Å². The van der Waals surface area contributed by atoms with E-state index in [-0.39, 0.29) is 0 Å². The lowest BCUT2D eigenvalue weighted by atomic mass is 10.1. The molecule has 0 saturated heterocycles. The lowest BCUT2D eigenvalue weighted by molar-refractivity contribution is 0.728. The van der Waals surface area contributed by atoms with Crippen molar-refractivity contribution in [3.05, 3.63) is 65.2 Å². The molecule has 0 radical (unpaired) electrons. The average Bonchev–Trinajstić information content (AvgIpc) is 2.42. The van der Waals surface area contributed by atoms with E-state index >= 15 is 0 Å². The van der Waals surface area contributed by atoms with Crippen molar-refractivity contribution in [2.75, 3.05) is 12.3 Å². The Bertz CT molecular complexity index is 508. The van der Waals surface area contributed by atoms with Crippen molar-refractivity contribution in [2.45, 2.75) is 25.3 Å². The molecular weight excluding hydrogens is 250 g/mol. The predicted octanol–water partition coefficient (Wildman–Crippen LogP) is 4.19. The maximum atomic E-state index is 3.51. The largest absolute Gasteiger partial charge is 0.312 e. The molecule has 0 fully saturated rings. The molecule has 2 heteroatoms. The van der Waals surface area contributed by atoms with E-state index in [1.807, 2.05) is 11.8 Å². The van der Waals surface area contributed by atoms with Gasteiger partial charge in [0.25, 0.3) is 0 Å². The van der Waals surface area contributed by atoms with Crippen LogP contribution in [0.3, 0.4) is 0 Å². The van der Waals surface area contributed by atoms with Crippen LogP contribution in [0.2, 0.25) is 0 Å². The second-order valence-electron chi connectivity index (χ2n) is 4.77. The van der Waals surface area contributed by atoms with Crippen molar-refractivity contribution in [1.82, 2.24) is 5.32 Å². The van der Waals surface area contributed by atoms with Gasteiger partial charge in [0, 0.05) is 23.7 Å². The van der Waals surface area contributed by atoms with Gasteiger partial charge in [0.15, 0.2) is 0 Å². The molecule has 19 heavy (non-hydrogen) atoms. The maximum absolute atomic E-state index is 3.51. The fourth-order valence-electron chi connectivity index (χ4n) is 2.02. The zero-order valence-corrected chi connectivity index (χ0v) is 12.5.